The number of amides is 1. The lowest BCUT2D eigenvalue weighted by Gasteiger charge is -2.35. The van der Waals surface area contributed by atoms with Crippen LogP contribution in [-0.4, -0.2) is 53.5 Å². The Morgan fingerprint density at radius 2 is 2.00 bits per heavy atom. The number of anilines is 2. The number of aryl methyl sites for hydroxylation is 2. The third kappa shape index (κ3) is 5.50. The van der Waals surface area contributed by atoms with Crippen molar-refractivity contribution in [1.82, 2.24) is 14.8 Å². The highest BCUT2D eigenvalue weighted by atomic mass is 19.1. The second kappa shape index (κ2) is 11.3. The van der Waals surface area contributed by atoms with Crippen LogP contribution >= 0.6 is 0 Å². The fraction of sp³-hybridized carbons (Fsp3) is 0.407. The smallest absolute Gasteiger partial charge is 0.265 e. The van der Waals surface area contributed by atoms with Crippen LogP contribution in [0.3, 0.4) is 0 Å². The molecule has 4 rings (SSSR count). The van der Waals surface area contributed by atoms with Gasteiger partial charge in [0.2, 0.25) is 5.88 Å². The first-order valence-corrected chi connectivity index (χ1v) is 12.4. The second-order valence-corrected chi connectivity index (χ2v) is 8.87. The van der Waals surface area contributed by atoms with Gasteiger partial charge in [-0.05, 0) is 50.6 Å². The van der Waals surface area contributed by atoms with E-state index in [1.165, 1.54) is 29.4 Å². The normalized spacial score (nSPS) is 13.8. The number of ether oxygens (including phenoxy) is 2. The van der Waals surface area contributed by atoms with Crippen molar-refractivity contribution in [2.75, 3.05) is 36.5 Å². The molecule has 1 fully saturated rings. The molecule has 0 atom stereocenters. The molecule has 1 aromatic carbocycles. The summed E-state index contributed by atoms with van der Waals surface area (Å²) >= 11 is 0. The molecule has 1 amide bonds. The van der Waals surface area contributed by atoms with Crippen LogP contribution in [0.25, 0.3) is 0 Å². The first-order valence-electron chi connectivity index (χ1n) is 12.4. The molecule has 2 aromatic heterocycles. The molecule has 194 valence electrons. The minimum Gasteiger partial charge on any atom is -0.490 e. The van der Waals surface area contributed by atoms with E-state index < -0.39 is 0 Å². The molecule has 9 nitrogen and oxygen atoms in total. The zero-order valence-electron chi connectivity index (χ0n) is 21.6. The summed E-state index contributed by atoms with van der Waals surface area (Å²) in [4.78, 5) is 21.7. The first kappa shape index (κ1) is 25.9. The molecule has 37 heavy (non-hydrogen) atoms. The summed E-state index contributed by atoms with van der Waals surface area (Å²) in [7, 11) is 1.66. The highest BCUT2D eigenvalue weighted by molar-refractivity contribution is 6.08. The molecule has 10 heteroatoms. The quantitative estimate of drug-likeness (QED) is 0.448. The summed E-state index contributed by atoms with van der Waals surface area (Å²) in [5.41, 5.74) is 2.00. The van der Waals surface area contributed by atoms with Crippen molar-refractivity contribution in [2.45, 2.75) is 46.3 Å². The number of nitriles is 1. The molecule has 0 aliphatic carbocycles. The summed E-state index contributed by atoms with van der Waals surface area (Å²) in [6.45, 7) is 7.88. The van der Waals surface area contributed by atoms with Crippen molar-refractivity contribution >= 4 is 17.4 Å². The van der Waals surface area contributed by atoms with Gasteiger partial charge in [-0.3, -0.25) is 4.79 Å². The summed E-state index contributed by atoms with van der Waals surface area (Å²) in [6.07, 6.45) is 4.47. The van der Waals surface area contributed by atoms with E-state index >= 15 is 0 Å². The highest BCUT2D eigenvalue weighted by Crippen LogP contribution is 2.33. The topological polar surface area (TPSA) is 96.5 Å². The number of hydrogen-bond acceptors (Lipinski definition) is 7. The number of carbonyl (C=O) groups excluding carboxylic acids is 1. The standard InChI is InChI=1S/C27H31FN6O3/c1-5-34-27(36-6-2)22(17-31-34)26(35)32(4)23-14-19(15-29)16-30-25(23)33-11-9-21(10-12-33)37-24-8-7-20(28)13-18(24)3/h7-8,13-14,16-17,21H,5-6,9-12H2,1-4H3. The summed E-state index contributed by atoms with van der Waals surface area (Å²) < 4.78 is 26.9. The van der Waals surface area contributed by atoms with E-state index in [4.69, 9.17) is 9.47 Å². The Hall–Kier alpha value is -4.13. The molecule has 0 N–H and O–H groups in total. The summed E-state index contributed by atoms with van der Waals surface area (Å²) in [6, 6.07) is 8.32. The van der Waals surface area contributed by atoms with E-state index in [2.05, 4.69) is 21.1 Å². The lowest BCUT2D eigenvalue weighted by molar-refractivity contribution is 0.0988. The number of piperidine rings is 1. The second-order valence-electron chi connectivity index (χ2n) is 8.87. The third-order valence-corrected chi connectivity index (χ3v) is 6.42. The van der Waals surface area contributed by atoms with Crippen LogP contribution in [0.1, 0.15) is 48.2 Å². The largest absolute Gasteiger partial charge is 0.490 e. The number of halogens is 1. The fourth-order valence-corrected chi connectivity index (χ4v) is 4.43. The highest BCUT2D eigenvalue weighted by Gasteiger charge is 2.28. The third-order valence-electron chi connectivity index (χ3n) is 6.42. The molecule has 0 bridgehead atoms. The van der Waals surface area contributed by atoms with Gasteiger partial charge in [0, 0.05) is 45.7 Å². The van der Waals surface area contributed by atoms with Gasteiger partial charge in [-0.2, -0.15) is 10.4 Å². The number of nitrogens with zero attached hydrogens (tertiary/aromatic N) is 6. The van der Waals surface area contributed by atoms with Crippen molar-refractivity contribution in [3.05, 3.63) is 59.2 Å². The average molecular weight is 507 g/mol. The SMILES string of the molecule is CCOc1c(C(=O)N(C)c2cc(C#N)cnc2N2CCC(Oc3ccc(F)cc3C)CC2)cnn1CC. The molecular formula is C27H31FN6O3. The van der Waals surface area contributed by atoms with Crippen LogP contribution in [0.5, 0.6) is 11.6 Å². The van der Waals surface area contributed by atoms with E-state index in [0.29, 0.717) is 60.5 Å². The summed E-state index contributed by atoms with van der Waals surface area (Å²) in [5, 5.41) is 13.8. The maximum atomic E-state index is 13.5. The number of pyridine rings is 1. The average Bonchev–Trinajstić information content (AvgIpc) is 3.32. The monoisotopic (exact) mass is 506 g/mol. The molecule has 1 aliphatic heterocycles. The molecule has 3 aromatic rings. The summed E-state index contributed by atoms with van der Waals surface area (Å²) in [5.74, 6) is 1.13. The van der Waals surface area contributed by atoms with Crippen molar-refractivity contribution in [2.24, 2.45) is 0 Å². The Bertz CT molecular complexity index is 1310. The molecule has 0 saturated carbocycles. The Morgan fingerprint density at radius 1 is 1.24 bits per heavy atom. The van der Waals surface area contributed by atoms with Gasteiger partial charge in [0.15, 0.2) is 5.82 Å². The molecule has 1 aliphatic rings. The van der Waals surface area contributed by atoms with E-state index in [9.17, 15) is 14.4 Å². The Morgan fingerprint density at radius 3 is 2.65 bits per heavy atom. The maximum Gasteiger partial charge on any atom is 0.265 e. The van der Waals surface area contributed by atoms with Crippen LogP contribution in [-0.2, 0) is 6.54 Å². The minimum absolute atomic E-state index is 0.0183. The van der Waals surface area contributed by atoms with Gasteiger partial charge in [-0.25, -0.2) is 14.1 Å². The van der Waals surface area contributed by atoms with Gasteiger partial charge < -0.3 is 19.3 Å². The van der Waals surface area contributed by atoms with Gasteiger partial charge in [-0.15, -0.1) is 0 Å². The van der Waals surface area contributed by atoms with E-state index in [-0.39, 0.29) is 17.8 Å². The fourth-order valence-electron chi connectivity index (χ4n) is 4.43. The lowest BCUT2D eigenvalue weighted by atomic mass is 10.1. The van der Waals surface area contributed by atoms with Crippen molar-refractivity contribution in [3.63, 3.8) is 0 Å². The number of hydrogen-bond donors (Lipinski definition) is 0. The van der Waals surface area contributed by atoms with Crippen molar-refractivity contribution < 1.29 is 18.7 Å². The van der Waals surface area contributed by atoms with E-state index in [0.717, 1.165) is 18.4 Å². The number of rotatable bonds is 8. The van der Waals surface area contributed by atoms with Gasteiger partial charge in [0.05, 0.1) is 24.1 Å². The Kier molecular flexibility index (Phi) is 7.92. The maximum absolute atomic E-state index is 13.5. The predicted octanol–water partition coefficient (Wildman–Crippen LogP) is 4.34. The molecule has 3 heterocycles. The van der Waals surface area contributed by atoms with Gasteiger partial charge >= 0.3 is 0 Å². The van der Waals surface area contributed by atoms with Gasteiger partial charge in [0.25, 0.3) is 5.91 Å². The first-order chi connectivity index (χ1) is 17.9. The van der Waals surface area contributed by atoms with E-state index in [1.54, 1.807) is 23.9 Å². The van der Waals surface area contributed by atoms with Gasteiger partial charge in [-0.1, -0.05) is 0 Å². The molecule has 0 unspecified atom stereocenters. The number of carbonyl (C=O) groups is 1. The number of benzene rings is 1. The Balaban J connectivity index is 1.54. The van der Waals surface area contributed by atoms with Gasteiger partial charge in [0.1, 0.15) is 29.3 Å². The molecule has 0 spiro atoms. The zero-order chi connectivity index (χ0) is 26.5. The number of aromatic nitrogens is 3. The van der Waals surface area contributed by atoms with Crippen LogP contribution in [0.15, 0.2) is 36.7 Å². The zero-order valence-corrected chi connectivity index (χ0v) is 21.6. The predicted molar refractivity (Wildman–Crippen MR) is 138 cm³/mol. The van der Waals surface area contributed by atoms with Crippen LogP contribution < -0.4 is 19.3 Å². The van der Waals surface area contributed by atoms with Crippen molar-refractivity contribution in [3.8, 4) is 17.7 Å². The lowest BCUT2D eigenvalue weighted by Crippen LogP contribution is -2.40. The van der Waals surface area contributed by atoms with Crippen LogP contribution in [0, 0.1) is 24.1 Å². The van der Waals surface area contributed by atoms with Crippen molar-refractivity contribution in [1.29, 1.82) is 5.26 Å². The Labute approximate surface area is 216 Å². The molecular weight excluding hydrogens is 475 g/mol. The minimum atomic E-state index is -0.300. The molecule has 0 radical (unpaired) electrons. The van der Waals surface area contributed by atoms with Crippen LogP contribution in [0.4, 0.5) is 15.9 Å². The van der Waals surface area contributed by atoms with Crippen LogP contribution in [0.2, 0.25) is 0 Å². The molecule has 1 saturated heterocycles. The van der Waals surface area contributed by atoms with E-state index in [1.807, 2.05) is 20.8 Å².